The van der Waals surface area contributed by atoms with Gasteiger partial charge in [-0.25, -0.2) is 0 Å². The first-order valence-corrected chi connectivity index (χ1v) is 5.60. The molecule has 1 aliphatic rings. The van der Waals surface area contributed by atoms with Gasteiger partial charge in [-0.15, -0.1) is 0 Å². The molecule has 1 aromatic heterocycles. The van der Waals surface area contributed by atoms with Gasteiger partial charge in [0.1, 0.15) is 18.5 Å². The van der Waals surface area contributed by atoms with Gasteiger partial charge in [-0.1, -0.05) is 0 Å². The van der Waals surface area contributed by atoms with E-state index >= 15 is 0 Å². The lowest BCUT2D eigenvalue weighted by atomic mass is 10.1. The van der Waals surface area contributed by atoms with Crippen molar-refractivity contribution < 1.29 is 9.47 Å². The molecule has 1 N–H and O–H groups in total. The Morgan fingerprint density at radius 2 is 2.29 bits per heavy atom. The van der Waals surface area contributed by atoms with Crippen LogP contribution in [0.5, 0.6) is 5.75 Å². The fourth-order valence-electron chi connectivity index (χ4n) is 1.84. The first-order valence-electron chi connectivity index (χ1n) is 5.60. The molecule has 17 heavy (non-hydrogen) atoms. The van der Waals surface area contributed by atoms with Crippen LogP contribution in [0.3, 0.4) is 0 Å². The second kappa shape index (κ2) is 3.89. The Kier molecular flexibility index (Phi) is 2.37. The van der Waals surface area contributed by atoms with Crippen LogP contribution in [0.25, 0.3) is 10.9 Å². The number of ether oxygens (including phenoxy) is 2. The molecule has 0 radical (unpaired) electrons. The van der Waals surface area contributed by atoms with Gasteiger partial charge in [0.15, 0.2) is 0 Å². The highest BCUT2D eigenvalue weighted by Crippen LogP contribution is 2.26. The third-order valence-electron chi connectivity index (χ3n) is 2.77. The standard InChI is InChI=1S/C13H13NO3/c1-8-4-11-10(2-3-13(15)14-11)12(5-8)17-7-9-6-16-9/h2-5,9H,6-7H2,1H3,(H,14,15). The molecular weight excluding hydrogens is 218 g/mol. The number of aromatic amines is 1. The van der Waals surface area contributed by atoms with Gasteiger partial charge in [-0.2, -0.15) is 0 Å². The van der Waals surface area contributed by atoms with Crippen molar-refractivity contribution in [3.05, 3.63) is 40.2 Å². The summed E-state index contributed by atoms with van der Waals surface area (Å²) in [5, 5.41) is 0.927. The molecule has 4 nitrogen and oxygen atoms in total. The van der Waals surface area contributed by atoms with Crippen molar-refractivity contribution in [1.82, 2.24) is 4.98 Å². The van der Waals surface area contributed by atoms with Gasteiger partial charge in [-0.05, 0) is 30.7 Å². The van der Waals surface area contributed by atoms with Gasteiger partial charge in [0.25, 0.3) is 0 Å². The number of rotatable bonds is 3. The van der Waals surface area contributed by atoms with Crippen LogP contribution in [0.15, 0.2) is 29.1 Å². The zero-order valence-corrected chi connectivity index (χ0v) is 9.53. The topological polar surface area (TPSA) is 54.6 Å². The second-order valence-electron chi connectivity index (χ2n) is 4.31. The van der Waals surface area contributed by atoms with Crippen LogP contribution in [0.4, 0.5) is 0 Å². The number of benzene rings is 1. The molecule has 1 aliphatic heterocycles. The monoisotopic (exact) mass is 231 g/mol. The summed E-state index contributed by atoms with van der Waals surface area (Å²) in [6.07, 6.45) is 0.230. The molecule has 0 amide bonds. The fourth-order valence-corrected chi connectivity index (χ4v) is 1.84. The summed E-state index contributed by atoms with van der Waals surface area (Å²) < 4.78 is 10.8. The van der Waals surface area contributed by atoms with E-state index in [2.05, 4.69) is 4.98 Å². The van der Waals surface area contributed by atoms with Crippen LogP contribution in [-0.2, 0) is 4.74 Å². The first kappa shape index (κ1) is 10.4. The zero-order chi connectivity index (χ0) is 11.8. The Morgan fingerprint density at radius 3 is 3.06 bits per heavy atom. The summed E-state index contributed by atoms with van der Waals surface area (Å²) in [6, 6.07) is 7.22. The van der Waals surface area contributed by atoms with E-state index in [0.717, 1.165) is 28.8 Å². The number of H-pyrrole nitrogens is 1. The Bertz CT molecular complexity index is 614. The van der Waals surface area contributed by atoms with Crippen molar-refractivity contribution in [2.75, 3.05) is 13.2 Å². The van der Waals surface area contributed by atoms with Crippen LogP contribution in [0.2, 0.25) is 0 Å². The van der Waals surface area contributed by atoms with Crippen LogP contribution in [-0.4, -0.2) is 24.3 Å². The number of nitrogens with one attached hydrogen (secondary N) is 1. The summed E-state index contributed by atoms with van der Waals surface area (Å²) in [5.74, 6) is 0.798. The highest BCUT2D eigenvalue weighted by atomic mass is 16.6. The Balaban J connectivity index is 2.04. The molecule has 1 fully saturated rings. The van der Waals surface area contributed by atoms with Gasteiger partial charge >= 0.3 is 0 Å². The number of aryl methyl sites for hydroxylation is 1. The van der Waals surface area contributed by atoms with Crippen molar-refractivity contribution in [1.29, 1.82) is 0 Å². The van der Waals surface area contributed by atoms with Crippen molar-refractivity contribution in [3.63, 3.8) is 0 Å². The predicted molar refractivity (Wildman–Crippen MR) is 64.5 cm³/mol. The summed E-state index contributed by atoms with van der Waals surface area (Å²) in [7, 11) is 0. The molecule has 1 unspecified atom stereocenters. The molecule has 4 heteroatoms. The Morgan fingerprint density at radius 1 is 1.47 bits per heavy atom. The maximum Gasteiger partial charge on any atom is 0.248 e. The molecule has 2 aromatic rings. The quantitative estimate of drug-likeness (QED) is 0.816. The molecule has 0 aliphatic carbocycles. The van der Waals surface area contributed by atoms with E-state index in [1.807, 2.05) is 19.1 Å². The van der Waals surface area contributed by atoms with Gasteiger partial charge < -0.3 is 14.5 Å². The molecule has 0 saturated carbocycles. The van der Waals surface area contributed by atoms with Gasteiger partial charge in [0, 0.05) is 11.5 Å². The average Bonchev–Trinajstić information content (AvgIpc) is 3.08. The molecule has 2 heterocycles. The molecule has 3 rings (SSSR count). The van der Waals surface area contributed by atoms with Crippen LogP contribution >= 0.6 is 0 Å². The molecule has 1 atom stereocenters. The van der Waals surface area contributed by atoms with Crippen LogP contribution < -0.4 is 10.3 Å². The molecular formula is C13H13NO3. The van der Waals surface area contributed by atoms with Crippen molar-refractivity contribution >= 4 is 10.9 Å². The normalized spacial score (nSPS) is 18.3. The predicted octanol–water partition coefficient (Wildman–Crippen LogP) is 1.61. The number of epoxide rings is 1. The van der Waals surface area contributed by atoms with Crippen LogP contribution in [0.1, 0.15) is 5.56 Å². The average molecular weight is 231 g/mol. The minimum atomic E-state index is -0.0976. The highest BCUT2D eigenvalue weighted by molar-refractivity contribution is 5.85. The molecule has 0 spiro atoms. The first-order chi connectivity index (χ1) is 8.22. The molecule has 1 aromatic carbocycles. The van der Waals surface area contributed by atoms with E-state index in [1.54, 1.807) is 6.07 Å². The van der Waals surface area contributed by atoms with E-state index < -0.39 is 0 Å². The number of aromatic nitrogens is 1. The third kappa shape index (κ3) is 2.17. The number of hydrogen-bond donors (Lipinski definition) is 1. The maximum absolute atomic E-state index is 11.3. The summed E-state index contributed by atoms with van der Waals surface area (Å²) in [4.78, 5) is 14.1. The molecule has 0 bridgehead atoms. The second-order valence-corrected chi connectivity index (χ2v) is 4.31. The number of pyridine rings is 1. The van der Waals surface area contributed by atoms with E-state index in [1.165, 1.54) is 6.07 Å². The summed E-state index contributed by atoms with van der Waals surface area (Å²) in [6.45, 7) is 3.32. The maximum atomic E-state index is 11.3. The fraction of sp³-hybridized carbons (Fsp3) is 0.308. The van der Waals surface area contributed by atoms with Gasteiger partial charge in [0.2, 0.25) is 5.56 Å². The third-order valence-corrected chi connectivity index (χ3v) is 2.77. The molecule has 1 saturated heterocycles. The largest absolute Gasteiger partial charge is 0.490 e. The minimum Gasteiger partial charge on any atom is -0.490 e. The minimum absolute atomic E-state index is 0.0976. The van der Waals surface area contributed by atoms with E-state index in [0.29, 0.717) is 6.61 Å². The summed E-state index contributed by atoms with van der Waals surface area (Å²) in [5.41, 5.74) is 1.77. The number of hydrogen-bond acceptors (Lipinski definition) is 3. The van der Waals surface area contributed by atoms with Crippen molar-refractivity contribution in [2.45, 2.75) is 13.0 Å². The van der Waals surface area contributed by atoms with Crippen LogP contribution in [0, 0.1) is 6.92 Å². The lowest BCUT2D eigenvalue weighted by Gasteiger charge is -2.09. The van der Waals surface area contributed by atoms with Crippen molar-refractivity contribution in [3.8, 4) is 5.75 Å². The SMILES string of the molecule is Cc1cc(OCC2CO2)c2ccc(=O)[nH]c2c1. The molecule has 88 valence electrons. The Hall–Kier alpha value is -1.81. The number of fused-ring (bicyclic) bond motifs is 1. The lowest BCUT2D eigenvalue weighted by molar-refractivity contribution is 0.265. The van der Waals surface area contributed by atoms with Gasteiger partial charge in [-0.3, -0.25) is 4.79 Å². The van der Waals surface area contributed by atoms with Gasteiger partial charge in [0.05, 0.1) is 12.1 Å². The Labute approximate surface area is 98.2 Å². The highest BCUT2D eigenvalue weighted by Gasteiger charge is 2.23. The zero-order valence-electron chi connectivity index (χ0n) is 9.53. The van der Waals surface area contributed by atoms with E-state index in [9.17, 15) is 4.79 Å². The smallest absolute Gasteiger partial charge is 0.248 e. The van der Waals surface area contributed by atoms with Crippen molar-refractivity contribution in [2.24, 2.45) is 0 Å². The summed E-state index contributed by atoms with van der Waals surface area (Å²) >= 11 is 0. The lowest BCUT2D eigenvalue weighted by Crippen LogP contribution is -2.07. The van der Waals surface area contributed by atoms with E-state index in [-0.39, 0.29) is 11.7 Å². The van der Waals surface area contributed by atoms with E-state index in [4.69, 9.17) is 9.47 Å².